The monoisotopic (exact) mass is 189 g/mol. The molecule has 0 fully saturated rings. The maximum Gasteiger partial charge on any atom is 0.112 e. The number of hydrogen-bond acceptors (Lipinski definition) is 2. The third kappa shape index (κ3) is 1.25. The summed E-state index contributed by atoms with van der Waals surface area (Å²) in [4.78, 5) is 6.52. The van der Waals surface area contributed by atoms with Crippen LogP contribution < -0.4 is 4.90 Å². The number of anilines is 1. The van der Waals surface area contributed by atoms with Crippen LogP contribution in [0, 0.1) is 0 Å². The number of hydrogen-bond donors (Lipinski definition) is 0. The minimum Gasteiger partial charge on any atom is -0.376 e. The molecule has 0 atom stereocenters. The summed E-state index contributed by atoms with van der Waals surface area (Å²) in [7, 11) is 4.08. The Morgan fingerprint density at radius 3 is 2.79 bits per heavy atom. The normalized spacial score (nSPS) is 10.8. The molecule has 0 aliphatic heterocycles. The van der Waals surface area contributed by atoms with Gasteiger partial charge in [0.25, 0.3) is 0 Å². The van der Waals surface area contributed by atoms with Crippen molar-refractivity contribution in [3.63, 3.8) is 0 Å². The van der Waals surface area contributed by atoms with Gasteiger partial charge in [-0.05, 0) is 19.1 Å². The number of rotatable bonds is 2. The zero-order chi connectivity index (χ0) is 10.1. The van der Waals surface area contributed by atoms with Gasteiger partial charge in [0.05, 0.1) is 17.5 Å². The van der Waals surface area contributed by atoms with E-state index in [1.807, 2.05) is 20.4 Å². The molecule has 3 heteroatoms. The molecule has 0 spiro atoms. The fourth-order valence-electron chi connectivity index (χ4n) is 1.69. The predicted octanol–water partition coefficient (Wildman–Crippen LogP) is 2.12. The quantitative estimate of drug-likeness (QED) is 0.721. The molecule has 14 heavy (non-hydrogen) atoms. The van der Waals surface area contributed by atoms with E-state index in [2.05, 4.69) is 39.6 Å². The second kappa shape index (κ2) is 3.33. The van der Waals surface area contributed by atoms with E-state index in [0.717, 1.165) is 12.1 Å². The van der Waals surface area contributed by atoms with Gasteiger partial charge in [0.2, 0.25) is 0 Å². The van der Waals surface area contributed by atoms with E-state index in [1.54, 1.807) is 0 Å². The lowest BCUT2D eigenvalue weighted by Gasteiger charge is -2.12. The molecule has 2 rings (SSSR count). The van der Waals surface area contributed by atoms with Crippen molar-refractivity contribution in [3.05, 3.63) is 24.5 Å². The number of nitrogens with zero attached hydrogens (tertiary/aromatic N) is 3. The van der Waals surface area contributed by atoms with Crippen LogP contribution in [0.5, 0.6) is 0 Å². The van der Waals surface area contributed by atoms with Crippen LogP contribution in [-0.4, -0.2) is 23.6 Å². The lowest BCUT2D eigenvalue weighted by Crippen LogP contribution is -2.09. The van der Waals surface area contributed by atoms with Crippen molar-refractivity contribution in [2.24, 2.45) is 0 Å². The van der Waals surface area contributed by atoms with Crippen LogP contribution in [0.2, 0.25) is 0 Å². The molecule has 0 aliphatic rings. The Morgan fingerprint density at radius 2 is 2.14 bits per heavy atom. The molecule has 0 N–H and O–H groups in total. The van der Waals surface area contributed by atoms with E-state index >= 15 is 0 Å². The zero-order valence-electron chi connectivity index (χ0n) is 8.86. The third-order valence-corrected chi connectivity index (χ3v) is 2.45. The minimum absolute atomic E-state index is 0.966. The lowest BCUT2D eigenvalue weighted by atomic mass is 10.2. The van der Waals surface area contributed by atoms with Gasteiger partial charge in [-0.15, -0.1) is 0 Å². The number of aryl methyl sites for hydroxylation is 1. The van der Waals surface area contributed by atoms with Gasteiger partial charge in [-0.2, -0.15) is 0 Å². The standard InChI is InChI=1S/C11H15N3/c1-4-14-8-12-11-9(13(2)3)6-5-7-10(11)14/h5-8H,4H2,1-3H3. The zero-order valence-corrected chi connectivity index (χ0v) is 8.86. The summed E-state index contributed by atoms with van der Waals surface area (Å²) in [5, 5.41) is 0. The Balaban J connectivity index is 2.70. The van der Waals surface area contributed by atoms with Crippen molar-refractivity contribution in [1.29, 1.82) is 0 Å². The number of benzene rings is 1. The van der Waals surface area contributed by atoms with E-state index in [1.165, 1.54) is 11.2 Å². The van der Waals surface area contributed by atoms with E-state index in [9.17, 15) is 0 Å². The second-order valence-electron chi connectivity index (χ2n) is 3.57. The van der Waals surface area contributed by atoms with Crippen molar-refractivity contribution >= 4 is 16.7 Å². The molecular formula is C11H15N3. The van der Waals surface area contributed by atoms with Crippen LogP contribution >= 0.6 is 0 Å². The third-order valence-electron chi connectivity index (χ3n) is 2.45. The van der Waals surface area contributed by atoms with E-state index < -0.39 is 0 Å². The molecule has 1 heterocycles. The van der Waals surface area contributed by atoms with E-state index in [-0.39, 0.29) is 0 Å². The maximum atomic E-state index is 4.43. The Kier molecular flexibility index (Phi) is 2.15. The minimum atomic E-state index is 0.966. The molecule has 74 valence electrons. The van der Waals surface area contributed by atoms with Gasteiger partial charge in [0.1, 0.15) is 5.52 Å². The van der Waals surface area contributed by atoms with Crippen LogP contribution in [0.3, 0.4) is 0 Å². The molecule has 0 unspecified atom stereocenters. The second-order valence-corrected chi connectivity index (χ2v) is 3.57. The SMILES string of the molecule is CCn1cnc2c(N(C)C)cccc21. The van der Waals surface area contributed by atoms with Gasteiger partial charge >= 0.3 is 0 Å². The lowest BCUT2D eigenvalue weighted by molar-refractivity contribution is 0.787. The van der Waals surface area contributed by atoms with Crippen LogP contribution in [0.4, 0.5) is 5.69 Å². The fraction of sp³-hybridized carbons (Fsp3) is 0.364. The Morgan fingerprint density at radius 1 is 1.36 bits per heavy atom. The highest BCUT2D eigenvalue weighted by molar-refractivity contribution is 5.88. The van der Waals surface area contributed by atoms with Crippen molar-refractivity contribution in [2.45, 2.75) is 13.5 Å². The summed E-state index contributed by atoms with van der Waals surface area (Å²) in [5.41, 5.74) is 3.47. The first-order chi connectivity index (χ1) is 6.74. The topological polar surface area (TPSA) is 21.1 Å². The van der Waals surface area contributed by atoms with Crippen LogP contribution in [-0.2, 0) is 6.54 Å². The average molecular weight is 189 g/mol. The number of aromatic nitrogens is 2. The highest BCUT2D eigenvalue weighted by Crippen LogP contribution is 2.23. The fourth-order valence-corrected chi connectivity index (χ4v) is 1.69. The Hall–Kier alpha value is -1.51. The highest BCUT2D eigenvalue weighted by atomic mass is 15.1. The Labute approximate surface area is 84.0 Å². The first-order valence-electron chi connectivity index (χ1n) is 4.85. The molecule has 0 aliphatic carbocycles. The van der Waals surface area contributed by atoms with Gasteiger partial charge < -0.3 is 9.47 Å². The summed E-state index contributed by atoms with van der Waals surface area (Å²) in [6, 6.07) is 6.28. The Bertz CT molecular complexity index is 443. The van der Waals surface area contributed by atoms with Gasteiger partial charge in [0.15, 0.2) is 0 Å². The first kappa shape index (κ1) is 9.06. The molecule has 0 radical (unpaired) electrons. The summed E-state index contributed by atoms with van der Waals surface area (Å²) in [6.45, 7) is 3.09. The summed E-state index contributed by atoms with van der Waals surface area (Å²) < 4.78 is 2.16. The van der Waals surface area contributed by atoms with E-state index in [0.29, 0.717) is 0 Å². The summed E-state index contributed by atoms with van der Waals surface area (Å²) >= 11 is 0. The van der Waals surface area contributed by atoms with Gasteiger partial charge in [-0.25, -0.2) is 4.98 Å². The van der Waals surface area contributed by atoms with Gasteiger partial charge in [0, 0.05) is 20.6 Å². The molecule has 3 nitrogen and oxygen atoms in total. The predicted molar refractivity (Wildman–Crippen MR) is 59.7 cm³/mol. The largest absolute Gasteiger partial charge is 0.376 e. The first-order valence-corrected chi connectivity index (χ1v) is 4.85. The maximum absolute atomic E-state index is 4.43. The number of fused-ring (bicyclic) bond motifs is 1. The average Bonchev–Trinajstić information content (AvgIpc) is 2.59. The van der Waals surface area contributed by atoms with Crippen molar-refractivity contribution in [3.8, 4) is 0 Å². The summed E-state index contributed by atoms with van der Waals surface area (Å²) in [5.74, 6) is 0. The van der Waals surface area contributed by atoms with Crippen molar-refractivity contribution in [2.75, 3.05) is 19.0 Å². The molecule has 0 amide bonds. The van der Waals surface area contributed by atoms with Gasteiger partial charge in [-0.3, -0.25) is 0 Å². The van der Waals surface area contributed by atoms with Gasteiger partial charge in [-0.1, -0.05) is 6.07 Å². The smallest absolute Gasteiger partial charge is 0.112 e. The molecule has 1 aromatic carbocycles. The molecule has 0 saturated heterocycles. The van der Waals surface area contributed by atoms with E-state index in [4.69, 9.17) is 0 Å². The van der Waals surface area contributed by atoms with Crippen molar-refractivity contribution in [1.82, 2.24) is 9.55 Å². The number of para-hydroxylation sites is 1. The summed E-state index contributed by atoms with van der Waals surface area (Å²) in [6.07, 6.45) is 1.90. The molecular weight excluding hydrogens is 174 g/mol. The molecule has 1 aromatic heterocycles. The van der Waals surface area contributed by atoms with Crippen LogP contribution in [0.1, 0.15) is 6.92 Å². The highest BCUT2D eigenvalue weighted by Gasteiger charge is 2.06. The van der Waals surface area contributed by atoms with Crippen LogP contribution in [0.15, 0.2) is 24.5 Å². The molecule has 0 saturated carbocycles. The molecule has 0 bridgehead atoms. The number of imidazole rings is 1. The molecule has 2 aromatic rings. The van der Waals surface area contributed by atoms with Crippen molar-refractivity contribution < 1.29 is 0 Å². The van der Waals surface area contributed by atoms with Crippen LogP contribution in [0.25, 0.3) is 11.0 Å².